The third kappa shape index (κ3) is 3.79. The molecule has 6 heteroatoms. The van der Waals surface area contributed by atoms with Crippen LogP contribution < -0.4 is 11.1 Å². The third-order valence-corrected chi connectivity index (χ3v) is 3.87. The van der Waals surface area contributed by atoms with Crippen LogP contribution in [-0.4, -0.2) is 22.0 Å². The fourth-order valence-electron chi connectivity index (χ4n) is 1.81. The molecule has 5 nitrogen and oxygen atoms in total. The van der Waals surface area contributed by atoms with Crippen LogP contribution in [0.4, 0.5) is 0 Å². The highest BCUT2D eigenvalue weighted by atomic mass is 32.1. The number of rotatable bonds is 5. The van der Waals surface area contributed by atoms with Crippen molar-refractivity contribution in [3.8, 4) is 5.75 Å². The molecule has 0 fully saturated rings. The Kier molecular flexibility index (Phi) is 4.70. The van der Waals surface area contributed by atoms with E-state index in [2.05, 4.69) is 10.3 Å². The molecule has 1 aromatic carbocycles. The molecule has 2 rings (SSSR count). The smallest absolute Gasteiger partial charge is 0.237 e. The van der Waals surface area contributed by atoms with Crippen molar-refractivity contribution >= 4 is 17.2 Å². The highest BCUT2D eigenvalue weighted by molar-refractivity contribution is 7.09. The monoisotopic (exact) mass is 291 g/mol. The average molecular weight is 291 g/mol. The summed E-state index contributed by atoms with van der Waals surface area (Å²) < 4.78 is 0. The Morgan fingerprint density at radius 3 is 2.75 bits per heavy atom. The topological polar surface area (TPSA) is 88.2 Å². The van der Waals surface area contributed by atoms with Gasteiger partial charge in [-0.15, -0.1) is 11.3 Å². The molecule has 0 aliphatic carbocycles. The second kappa shape index (κ2) is 6.49. The van der Waals surface area contributed by atoms with Crippen LogP contribution in [0, 0.1) is 0 Å². The molecule has 2 aromatic rings. The molecule has 0 aliphatic rings. The number of hydrogen-bond donors (Lipinski definition) is 3. The highest BCUT2D eigenvalue weighted by Gasteiger charge is 2.18. The summed E-state index contributed by atoms with van der Waals surface area (Å²) >= 11 is 1.50. The molecule has 1 amide bonds. The number of nitrogens with zero attached hydrogens (tertiary/aromatic N) is 1. The number of aromatic hydroxyl groups is 1. The number of benzene rings is 1. The molecule has 0 saturated heterocycles. The van der Waals surface area contributed by atoms with Gasteiger partial charge in [-0.3, -0.25) is 4.79 Å². The van der Waals surface area contributed by atoms with Crippen molar-refractivity contribution in [1.82, 2.24) is 10.3 Å². The van der Waals surface area contributed by atoms with Crippen LogP contribution >= 0.6 is 11.3 Å². The van der Waals surface area contributed by atoms with E-state index in [0.717, 1.165) is 10.6 Å². The molecule has 1 unspecified atom stereocenters. The van der Waals surface area contributed by atoms with Gasteiger partial charge in [0.25, 0.3) is 0 Å². The van der Waals surface area contributed by atoms with Crippen LogP contribution in [0.2, 0.25) is 0 Å². The van der Waals surface area contributed by atoms with Gasteiger partial charge in [0.2, 0.25) is 5.91 Å². The van der Waals surface area contributed by atoms with Crippen molar-refractivity contribution in [2.75, 3.05) is 0 Å². The number of hydrogen-bond acceptors (Lipinski definition) is 5. The van der Waals surface area contributed by atoms with Gasteiger partial charge in [-0.1, -0.05) is 12.1 Å². The van der Waals surface area contributed by atoms with Crippen LogP contribution in [0.5, 0.6) is 5.75 Å². The zero-order chi connectivity index (χ0) is 14.5. The maximum atomic E-state index is 12.0. The molecular weight excluding hydrogens is 274 g/mol. The Balaban J connectivity index is 1.90. The lowest BCUT2D eigenvalue weighted by atomic mass is 10.1. The van der Waals surface area contributed by atoms with Gasteiger partial charge in [0.05, 0.1) is 12.1 Å². The Morgan fingerprint density at radius 2 is 2.15 bits per heavy atom. The maximum absolute atomic E-state index is 12.0. The van der Waals surface area contributed by atoms with Crippen LogP contribution in [-0.2, 0) is 11.2 Å². The predicted octanol–water partition coefficient (Wildman–Crippen LogP) is 1.60. The molecule has 0 radical (unpaired) electrons. The summed E-state index contributed by atoms with van der Waals surface area (Å²) in [5.74, 6) is -0.00931. The summed E-state index contributed by atoms with van der Waals surface area (Å²) in [6, 6.07) is 5.91. The van der Waals surface area contributed by atoms with E-state index in [-0.39, 0.29) is 17.7 Å². The van der Waals surface area contributed by atoms with Gasteiger partial charge in [0.15, 0.2) is 0 Å². The molecule has 106 valence electrons. The van der Waals surface area contributed by atoms with E-state index in [9.17, 15) is 9.90 Å². The minimum Gasteiger partial charge on any atom is -0.508 e. The van der Waals surface area contributed by atoms with Crippen LogP contribution in [0.3, 0.4) is 0 Å². The number of phenols is 1. The predicted molar refractivity (Wildman–Crippen MR) is 78.5 cm³/mol. The second-order valence-corrected chi connectivity index (χ2v) is 5.50. The lowest BCUT2D eigenvalue weighted by Gasteiger charge is -2.16. The minimum atomic E-state index is -0.623. The molecule has 0 aliphatic heterocycles. The number of nitrogens with one attached hydrogen (secondary N) is 1. The summed E-state index contributed by atoms with van der Waals surface area (Å²) in [5.41, 5.74) is 6.81. The van der Waals surface area contributed by atoms with E-state index in [4.69, 9.17) is 5.73 Å². The van der Waals surface area contributed by atoms with Gasteiger partial charge in [-0.25, -0.2) is 4.98 Å². The lowest BCUT2D eigenvalue weighted by molar-refractivity contribution is -0.123. The van der Waals surface area contributed by atoms with Crippen molar-refractivity contribution in [2.24, 2.45) is 5.73 Å². The van der Waals surface area contributed by atoms with E-state index < -0.39 is 6.04 Å². The van der Waals surface area contributed by atoms with Crippen molar-refractivity contribution in [1.29, 1.82) is 0 Å². The average Bonchev–Trinajstić information content (AvgIpc) is 2.95. The number of nitrogens with two attached hydrogens (primary N) is 1. The summed E-state index contributed by atoms with van der Waals surface area (Å²) in [6.07, 6.45) is 2.13. The van der Waals surface area contributed by atoms with E-state index in [1.54, 1.807) is 30.5 Å². The van der Waals surface area contributed by atoms with E-state index in [1.807, 2.05) is 12.3 Å². The number of thiazole rings is 1. The quantitative estimate of drug-likeness (QED) is 0.780. The Bertz CT molecular complexity index is 554. The standard InChI is InChI=1S/C14H17N3O2S/c1-9(14-16-6-7-20-14)17-13(19)12(15)8-10-2-4-11(18)5-3-10/h2-7,9,12,18H,8,15H2,1H3,(H,17,19)/t9?,12-/m0/s1. The fraction of sp³-hybridized carbons (Fsp3) is 0.286. The lowest BCUT2D eigenvalue weighted by Crippen LogP contribution is -2.42. The number of carbonyl (C=O) groups is 1. The largest absolute Gasteiger partial charge is 0.508 e. The first kappa shape index (κ1) is 14.5. The zero-order valence-corrected chi connectivity index (χ0v) is 11.9. The van der Waals surface area contributed by atoms with Crippen molar-refractivity contribution in [3.05, 3.63) is 46.4 Å². The summed E-state index contributed by atoms with van der Waals surface area (Å²) in [6.45, 7) is 1.88. The van der Waals surface area contributed by atoms with Gasteiger partial charge in [-0.2, -0.15) is 0 Å². The molecule has 0 spiro atoms. The van der Waals surface area contributed by atoms with E-state index in [1.165, 1.54) is 11.3 Å². The van der Waals surface area contributed by atoms with Gasteiger partial charge in [-0.05, 0) is 31.0 Å². The molecule has 4 N–H and O–H groups in total. The van der Waals surface area contributed by atoms with Crippen molar-refractivity contribution < 1.29 is 9.90 Å². The summed E-state index contributed by atoms with van der Waals surface area (Å²) in [5, 5.41) is 14.8. The maximum Gasteiger partial charge on any atom is 0.237 e. The van der Waals surface area contributed by atoms with Gasteiger partial charge in [0.1, 0.15) is 10.8 Å². The van der Waals surface area contributed by atoms with Gasteiger partial charge in [0, 0.05) is 11.6 Å². The van der Waals surface area contributed by atoms with Gasteiger partial charge >= 0.3 is 0 Å². The Hall–Kier alpha value is -1.92. The normalized spacial score (nSPS) is 13.7. The third-order valence-electron chi connectivity index (χ3n) is 2.91. The fourth-order valence-corrected chi connectivity index (χ4v) is 2.46. The number of phenolic OH excluding ortho intramolecular Hbond substituents is 1. The van der Waals surface area contributed by atoms with Crippen molar-refractivity contribution in [3.63, 3.8) is 0 Å². The van der Waals surface area contributed by atoms with E-state index >= 15 is 0 Å². The highest BCUT2D eigenvalue weighted by Crippen LogP contribution is 2.15. The zero-order valence-electron chi connectivity index (χ0n) is 11.1. The summed E-state index contributed by atoms with van der Waals surface area (Å²) in [7, 11) is 0. The first-order chi connectivity index (χ1) is 9.56. The Morgan fingerprint density at radius 1 is 1.45 bits per heavy atom. The first-order valence-corrected chi connectivity index (χ1v) is 7.17. The summed E-state index contributed by atoms with van der Waals surface area (Å²) in [4.78, 5) is 16.2. The van der Waals surface area contributed by atoms with Crippen LogP contribution in [0.25, 0.3) is 0 Å². The molecular formula is C14H17N3O2S. The first-order valence-electron chi connectivity index (χ1n) is 6.29. The number of aromatic nitrogens is 1. The van der Waals surface area contributed by atoms with Crippen LogP contribution in [0.1, 0.15) is 23.5 Å². The SMILES string of the molecule is CC(NC(=O)[C@@H](N)Cc1ccc(O)cc1)c1nccs1. The molecule has 20 heavy (non-hydrogen) atoms. The second-order valence-electron chi connectivity index (χ2n) is 4.58. The Labute approximate surface area is 121 Å². The number of carbonyl (C=O) groups excluding carboxylic acids is 1. The molecule has 1 aromatic heterocycles. The number of amides is 1. The molecule has 2 atom stereocenters. The van der Waals surface area contributed by atoms with E-state index in [0.29, 0.717) is 6.42 Å². The molecule has 0 saturated carbocycles. The molecule has 0 bridgehead atoms. The minimum absolute atomic E-state index is 0.145. The van der Waals surface area contributed by atoms with Crippen LogP contribution in [0.15, 0.2) is 35.8 Å². The molecule has 1 heterocycles. The van der Waals surface area contributed by atoms with Crippen molar-refractivity contribution in [2.45, 2.75) is 25.4 Å². The van der Waals surface area contributed by atoms with Gasteiger partial charge < -0.3 is 16.2 Å².